The first-order valence-corrected chi connectivity index (χ1v) is 5.71. The second kappa shape index (κ2) is 5.84. The third kappa shape index (κ3) is 2.72. The number of likely N-dealkylation sites (N-methyl/N-ethyl adjacent to an activating group) is 1. The fourth-order valence-electron chi connectivity index (χ4n) is 2.04. The van der Waals surface area contributed by atoms with Crippen LogP contribution in [0.2, 0.25) is 0 Å². The van der Waals surface area contributed by atoms with Crippen molar-refractivity contribution in [2.45, 2.75) is 32.7 Å². The van der Waals surface area contributed by atoms with Gasteiger partial charge in [0, 0.05) is 13.0 Å². The summed E-state index contributed by atoms with van der Waals surface area (Å²) in [6, 6.07) is -0.304. The summed E-state index contributed by atoms with van der Waals surface area (Å²) in [7, 11) is 0. The van der Waals surface area contributed by atoms with Crippen molar-refractivity contribution >= 4 is 11.9 Å². The Bertz CT molecular complexity index is 267. The molecule has 0 radical (unpaired) electrons. The van der Waals surface area contributed by atoms with Crippen LogP contribution in [-0.4, -0.2) is 47.7 Å². The summed E-state index contributed by atoms with van der Waals surface area (Å²) in [6.45, 7) is 4.88. The molecule has 2 unspecified atom stereocenters. The maximum absolute atomic E-state index is 11.8. The molecule has 1 rings (SSSR count). The number of carbonyl (C=O) groups excluding carboxylic acids is 1. The van der Waals surface area contributed by atoms with E-state index < -0.39 is 11.9 Å². The Balaban J connectivity index is 2.71. The molecule has 16 heavy (non-hydrogen) atoms. The van der Waals surface area contributed by atoms with Gasteiger partial charge in [0.2, 0.25) is 5.91 Å². The number of carboxylic acid groups (broad SMARTS) is 1. The summed E-state index contributed by atoms with van der Waals surface area (Å²) in [5.74, 6) is -1.45. The van der Waals surface area contributed by atoms with Crippen LogP contribution in [0.15, 0.2) is 0 Å². The fourth-order valence-corrected chi connectivity index (χ4v) is 2.04. The summed E-state index contributed by atoms with van der Waals surface area (Å²) in [4.78, 5) is 24.4. The topological polar surface area (TPSA) is 66.8 Å². The molecule has 0 aromatic rings. The van der Waals surface area contributed by atoms with Crippen LogP contribution in [0.3, 0.4) is 0 Å². The van der Waals surface area contributed by atoms with Crippen LogP contribution in [0, 0.1) is 5.92 Å². The number of aliphatic carboxylic acids is 1. The van der Waals surface area contributed by atoms with Crippen molar-refractivity contribution in [3.63, 3.8) is 0 Å². The van der Waals surface area contributed by atoms with Gasteiger partial charge in [0.25, 0.3) is 0 Å². The van der Waals surface area contributed by atoms with Crippen LogP contribution in [0.1, 0.15) is 26.7 Å². The summed E-state index contributed by atoms with van der Waals surface area (Å²) in [5.41, 5.74) is 0. The lowest BCUT2D eigenvalue weighted by Gasteiger charge is -2.29. The Morgan fingerprint density at radius 2 is 2.06 bits per heavy atom. The summed E-state index contributed by atoms with van der Waals surface area (Å²) >= 11 is 0. The largest absolute Gasteiger partial charge is 0.481 e. The SMILES string of the molecule is CCCC(=O)N(CC)C1COCC1C(=O)O. The molecule has 5 heteroatoms. The average Bonchev–Trinajstić information content (AvgIpc) is 2.68. The van der Waals surface area contributed by atoms with E-state index in [4.69, 9.17) is 9.84 Å². The van der Waals surface area contributed by atoms with Crippen LogP contribution in [0.25, 0.3) is 0 Å². The highest BCUT2D eigenvalue weighted by Gasteiger charge is 2.39. The molecule has 1 aliphatic rings. The van der Waals surface area contributed by atoms with E-state index in [0.717, 1.165) is 6.42 Å². The number of ether oxygens (including phenoxy) is 1. The summed E-state index contributed by atoms with van der Waals surface area (Å²) in [5, 5.41) is 9.02. The van der Waals surface area contributed by atoms with E-state index in [1.807, 2.05) is 13.8 Å². The first-order chi connectivity index (χ1) is 7.61. The van der Waals surface area contributed by atoms with Crippen LogP contribution < -0.4 is 0 Å². The molecule has 1 aliphatic heterocycles. The summed E-state index contributed by atoms with van der Waals surface area (Å²) in [6.07, 6.45) is 1.25. The zero-order valence-electron chi connectivity index (χ0n) is 9.81. The van der Waals surface area contributed by atoms with Gasteiger partial charge in [-0.3, -0.25) is 9.59 Å². The monoisotopic (exact) mass is 229 g/mol. The van der Waals surface area contributed by atoms with Crippen molar-refractivity contribution in [3.8, 4) is 0 Å². The molecule has 0 saturated carbocycles. The van der Waals surface area contributed by atoms with Crippen molar-refractivity contribution in [1.29, 1.82) is 0 Å². The molecule has 0 aromatic carbocycles. The lowest BCUT2D eigenvalue weighted by Crippen LogP contribution is -2.46. The van der Waals surface area contributed by atoms with E-state index >= 15 is 0 Å². The van der Waals surface area contributed by atoms with Crippen molar-refractivity contribution in [3.05, 3.63) is 0 Å². The highest BCUT2D eigenvalue weighted by Crippen LogP contribution is 2.20. The minimum Gasteiger partial charge on any atom is -0.481 e. The van der Waals surface area contributed by atoms with Gasteiger partial charge in [0.1, 0.15) is 5.92 Å². The molecule has 0 aromatic heterocycles. The van der Waals surface area contributed by atoms with Gasteiger partial charge in [-0.05, 0) is 13.3 Å². The summed E-state index contributed by atoms with van der Waals surface area (Å²) < 4.78 is 5.17. The smallest absolute Gasteiger partial charge is 0.311 e. The number of carbonyl (C=O) groups is 2. The van der Waals surface area contributed by atoms with Crippen LogP contribution in [0.4, 0.5) is 0 Å². The first kappa shape index (κ1) is 13.0. The standard InChI is InChI=1S/C11H19NO4/c1-3-5-10(13)12(4-2)9-7-16-6-8(9)11(14)15/h8-9H,3-7H2,1-2H3,(H,14,15). The maximum atomic E-state index is 11.8. The molecule has 0 spiro atoms. The quantitative estimate of drug-likeness (QED) is 0.755. The van der Waals surface area contributed by atoms with Gasteiger partial charge in [-0.15, -0.1) is 0 Å². The average molecular weight is 229 g/mol. The van der Waals surface area contributed by atoms with Crippen LogP contribution in [-0.2, 0) is 14.3 Å². The highest BCUT2D eigenvalue weighted by molar-refractivity contribution is 5.78. The predicted molar refractivity (Wildman–Crippen MR) is 58.0 cm³/mol. The first-order valence-electron chi connectivity index (χ1n) is 5.71. The van der Waals surface area contributed by atoms with E-state index in [1.165, 1.54) is 0 Å². The number of hydrogen-bond acceptors (Lipinski definition) is 3. The van der Waals surface area contributed by atoms with E-state index in [1.54, 1.807) is 4.90 Å². The molecule has 92 valence electrons. The Labute approximate surface area is 95.4 Å². The minimum absolute atomic E-state index is 0.0201. The molecule has 0 bridgehead atoms. The molecular formula is C11H19NO4. The Hall–Kier alpha value is -1.10. The lowest BCUT2D eigenvalue weighted by molar-refractivity contribution is -0.145. The van der Waals surface area contributed by atoms with Gasteiger partial charge in [0.15, 0.2) is 0 Å². The molecule has 1 amide bonds. The van der Waals surface area contributed by atoms with Gasteiger partial charge in [0.05, 0.1) is 19.3 Å². The number of rotatable bonds is 5. The second-order valence-electron chi connectivity index (χ2n) is 3.98. The van der Waals surface area contributed by atoms with Gasteiger partial charge < -0.3 is 14.7 Å². The molecule has 0 aliphatic carbocycles. The van der Waals surface area contributed by atoms with E-state index in [-0.39, 0.29) is 18.6 Å². The minimum atomic E-state index is -0.884. The number of amides is 1. The Morgan fingerprint density at radius 1 is 1.38 bits per heavy atom. The normalized spacial score (nSPS) is 24.4. The second-order valence-corrected chi connectivity index (χ2v) is 3.98. The van der Waals surface area contributed by atoms with E-state index in [9.17, 15) is 9.59 Å². The van der Waals surface area contributed by atoms with Crippen molar-refractivity contribution < 1.29 is 19.4 Å². The number of carboxylic acids is 1. The molecule has 1 fully saturated rings. The van der Waals surface area contributed by atoms with E-state index in [0.29, 0.717) is 19.6 Å². The van der Waals surface area contributed by atoms with Crippen molar-refractivity contribution in [1.82, 2.24) is 4.90 Å². The molecule has 1 heterocycles. The predicted octanol–water partition coefficient (Wildman–Crippen LogP) is 0.735. The van der Waals surface area contributed by atoms with Crippen LogP contribution >= 0.6 is 0 Å². The lowest BCUT2D eigenvalue weighted by atomic mass is 10.0. The molecule has 5 nitrogen and oxygen atoms in total. The van der Waals surface area contributed by atoms with E-state index in [2.05, 4.69) is 0 Å². The molecular weight excluding hydrogens is 210 g/mol. The zero-order chi connectivity index (χ0) is 12.1. The number of hydrogen-bond donors (Lipinski definition) is 1. The maximum Gasteiger partial charge on any atom is 0.311 e. The fraction of sp³-hybridized carbons (Fsp3) is 0.818. The van der Waals surface area contributed by atoms with Gasteiger partial charge >= 0.3 is 5.97 Å². The Morgan fingerprint density at radius 3 is 2.56 bits per heavy atom. The zero-order valence-corrected chi connectivity index (χ0v) is 9.81. The highest BCUT2D eigenvalue weighted by atomic mass is 16.5. The number of nitrogens with zero attached hydrogens (tertiary/aromatic N) is 1. The molecule has 1 saturated heterocycles. The van der Waals surface area contributed by atoms with Crippen molar-refractivity contribution in [2.75, 3.05) is 19.8 Å². The molecule has 2 atom stereocenters. The van der Waals surface area contributed by atoms with Gasteiger partial charge in [-0.25, -0.2) is 0 Å². The third-order valence-corrected chi connectivity index (χ3v) is 2.89. The van der Waals surface area contributed by atoms with Crippen LogP contribution in [0.5, 0.6) is 0 Å². The third-order valence-electron chi connectivity index (χ3n) is 2.89. The Kier molecular flexibility index (Phi) is 4.73. The van der Waals surface area contributed by atoms with Crippen molar-refractivity contribution in [2.24, 2.45) is 5.92 Å². The molecule has 1 N–H and O–H groups in total. The van der Waals surface area contributed by atoms with Gasteiger partial charge in [-0.2, -0.15) is 0 Å². The van der Waals surface area contributed by atoms with Gasteiger partial charge in [-0.1, -0.05) is 6.92 Å².